The highest BCUT2D eigenvalue weighted by atomic mass is 16.7. The molecule has 45 heavy (non-hydrogen) atoms. The van der Waals surface area contributed by atoms with Crippen LogP contribution in [0.5, 0.6) is 0 Å². The number of likely N-dealkylation sites (N-methyl/N-ethyl adjacent to an activating group) is 1. The molecule has 2 aromatic heterocycles. The van der Waals surface area contributed by atoms with Crippen molar-refractivity contribution in [3.05, 3.63) is 131 Å². The number of para-hydroxylation sites is 2. The lowest BCUT2D eigenvalue weighted by Gasteiger charge is -2.42. The monoisotopic (exact) mass is 603 g/mol. The fraction of sp³-hybridized carbons (Fsp3) is 0.278. The van der Waals surface area contributed by atoms with Gasteiger partial charge in [-0.1, -0.05) is 61.5 Å². The van der Waals surface area contributed by atoms with E-state index in [0.29, 0.717) is 11.2 Å². The smallest absolute Gasteiger partial charge is 0.275 e. The number of nitrogens with one attached hydrogen (secondary N) is 1. The van der Waals surface area contributed by atoms with E-state index in [1.165, 1.54) is 6.20 Å². The summed E-state index contributed by atoms with van der Waals surface area (Å²) in [5, 5.41) is 12.5. The number of benzene rings is 3. The number of rotatable bonds is 10. The molecule has 0 bridgehead atoms. The Labute approximate surface area is 262 Å². The first-order chi connectivity index (χ1) is 22.0. The van der Waals surface area contributed by atoms with Crippen molar-refractivity contribution in [3.63, 3.8) is 0 Å². The van der Waals surface area contributed by atoms with E-state index in [-0.39, 0.29) is 36.3 Å². The zero-order valence-corrected chi connectivity index (χ0v) is 25.4. The van der Waals surface area contributed by atoms with Crippen molar-refractivity contribution < 1.29 is 19.4 Å². The van der Waals surface area contributed by atoms with Gasteiger partial charge in [0, 0.05) is 48.6 Å². The third kappa shape index (κ3) is 7.41. The molecule has 1 amide bonds. The first-order valence-corrected chi connectivity index (χ1v) is 15.2. The zero-order valence-electron chi connectivity index (χ0n) is 25.4. The first kappa shape index (κ1) is 30.5. The molecule has 1 fully saturated rings. The minimum absolute atomic E-state index is 0.00683. The Kier molecular flexibility index (Phi) is 9.52. The molecule has 4 atom stereocenters. The van der Waals surface area contributed by atoms with Crippen molar-refractivity contribution in [1.82, 2.24) is 19.9 Å². The van der Waals surface area contributed by atoms with Crippen LogP contribution in [0.4, 0.5) is 5.69 Å². The largest absolute Gasteiger partial charge is 0.392 e. The molecule has 0 aliphatic carbocycles. The molecule has 2 N–H and O–H groups in total. The predicted molar refractivity (Wildman–Crippen MR) is 172 cm³/mol. The van der Waals surface area contributed by atoms with Gasteiger partial charge in [0.25, 0.3) is 5.91 Å². The molecular weight excluding hydrogens is 566 g/mol. The van der Waals surface area contributed by atoms with Crippen LogP contribution in [0.25, 0.3) is 11.0 Å². The van der Waals surface area contributed by atoms with Gasteiger partial charge in [0.15, 0.2) is 6.29 Å². The van der Waals surface area contributed by atoms with Gasteiger partial charge in [-0.25, -0.2) is 4.98 Å². The SMILES string of the molecule is C[C@@H]1[C@H](CN(C)CCc2ccccn2)O[C@H](c2ccc(NC(=O)c3cnc4ccccc4n3)cc2)O[C@@H]1c1ccc(CO)cc1. The summed E-state index contributed by atoms with van der Waals surface area (Å²) in [6.07, 6.45) is 3.24. The average Bonchev–Trinajstić information content (AvgIpc) is 3.09. The summed E-state index contributed by atoms with van der Waals surface area (Å²) >= 11 is 0. The number of hydrogen-bond donors (Lipinski definition) is 2. The van der Waals surface area contributed by atoms with E-state index in [9.17, 15) is 9.90 Å². The van der Waals surface area contributed by atoms with Gasteiger partial charge in [0.05, 0.1) is 36.0 Å². The van der Waals surface area contributed by atoms with E-state index in [2.05, 4.69) is 39.1 Å². The number of ether oxygens (including phenoxy) is 2. The number of pyridine rings is 1. The van der Waals surface area contributed by atoms with Crippen LogP contribution in [0.1, 0.15) is 52.2 Å². The summed E-state index contributed by atoms with van der Waals surface area (Å²) < 4.78 is 13.2. The van der Waals surface area contributed by atoms with E-state index in [1.54, 1.807) is 0 Å². The lowest BCUT2D eigenvalue weighted by atomic mass is 9.90. The van der Waals surface area contributed by atoms with Crippen LogP contribution in [-0.4, -0.2) is 57.1 Å². The lowest BCUT2D eigenvalue weighted by molar-refractivity contribution is -0.275. The minimum Gasteiger partial charge on any atom is -0.392 e. The number of anilines is 1. The number of amides is 1. The minimum atomic E-state index is -0.603. The molecule has 6 rings (SSSR count). The molecule has 9 heteroatoms. The molecule has 1 aliphatic rings. The molecule has 230 valence electrons. The second-order valence-electron chi connectivity index (χ2n) is 11.5. The third-order valence-corrected chi connectivity index (χ3v) is 8.21. The fourth-order valence-corrected chi connectivity index (χ4v) is 5.56. The van der Waals surface area contributed by atoms with E-state index in [1.807, 2.05) is 97.2 Å². The van der Waals surface area contributed by atoms with Gasteiger partial charge < -0.3 is 24.8 Å². The normalized spacial score (nSPS) is 19.9. The summed E-state index contributed by atoms with van der Waals surface area (Å²) in [6, 6.07) is 28.8. The first-order valence-electron chi connectivity index (χ1n) is 15.2. The van der Waals surface area contributed by atoms with Crippen LogP contribution in [0.2, 0.25) is 0 Å². The maximum Gasteiger partial charge on any atom is 0.275 e. The van der Waals surface area contributed by atoms with E-state index >= 15 is 0 Å². The summed E-state index contributed by atoms with van der Waals surface area (Å²) in [7, 11) is 2.10. The highest BCUT2D eigenvalue weighted by Crippen LogP contribution is 2.42. The van der Waals surface area contributed by atoms with Gasteiger partial charge in [-0.3, -0.25) is 14.8 Å². The highest BCUT2D eigenvalue weighted by molar-refractivity contribution is 6.03. The van der Waals surface area contributed by atoms with Gasteiger partial charge in [-0.05, 0) is 54.6 Å². The number of carbonyl (C=O) groups is 1. The van der Waals surface area contributed by atoms with Crippen LogP contribution in [0.15, 0.2) is 103 Å². The van der Waals surface area contributed by atoms with Crippen molar-refractivity contribution in [3.8, 4) is 0 Å². The predicted octanol–water partition coefficient (Wildman–Crippen LogP) is 5.74. The molecule has 0 radical (unpaired) electrons. The Morgan fingerprint density at radius 2 is 1.62 bits per heavy atom. The van der Waals surface area contributed by atoms with E-state index < -0.39 is 6.29 Å². The van der Waals surface area contributed by atoms with Crippen LogP contribution >= 0.6 is 0 Å². The number of nitrogens with zero attached hydrogens (tertiary/aromatic N) is 4. The third-order valence-electron chi connectivity index (χ3n) is 8.21. The van der Waals surface area contributed by atoms with Gasteiger partial charge in [0.1, 0.15) is 5.69 Å². The molecule has 5 aromatic rings. The van der Waals surface area contributed by atoms with Gasteiger partial charge >= 0.3 is 0 Å². The number of aliphatic hydroxyl groups is 1. The zero-order chi connectivity index (χ0) is 31.2. The fourth-order valence-electron chi connectivity index (χ4n) is 5.56. The molecule has 1 aliphatic heterocycles. The molecular formula is C36H37N5O4. The second kappa shape index (κ2) is 14.0. The Hall–Kier alpha value is -4.54. The van der Waals surface area contributed by atoms with Crippen LogP contribution in [0.3, 0.4) is 0 Å². The molecule has 1 saturated heterocycles. The van der Waals surface area contributed by atoms with Crippen LogP contribution in [-0.2, 0) is 22.5 Å². The summed E-state index contributed by atoms with van der Waals surface area (Å²) in [5.41, 5.74) is 6.08. The molecule has 3 aromatic carbocycles. The number of fused-ring (bicyclic) bond motifs is 1. The van der Waals surface area contributed by atoms with Gasteiger partial charge in [-0.15, -0.1) is 0 Å². The Morgan fingerprint density at radius 1 is 0.889 bits per heavy atom. The summed E-state index contributed by atoms with van der Waals surface area (Å²) in [6.45, 7) is 3.72. The maximum atomic E-state index is 12.9. The van der Waals surface area contributed by atoms with Crippen molar-refractivity contribution in [2.45, 2.75) is 38.4 Å². The van der Waals surface area contributed by atoms with E-state index in [4.69, 9.17) is 9.47 Å². The quantitative estimate of drug-likeness (QED) is 0.208. The number of carbonyl (C=O) groups excluding carboxylic acids is 1. The Balaban J connectivity index is 1.17. The lowest BCUT2D eigenvalue weighted by Crippen LogP contribution is -2.43. The second-order valence-corrected chi connectivity index (χ2v) is 11.5. The van der Waals surface area contributed by atoms with E-state index in [0.717, 1.165) is 47.4 Å². The standard InChI is InChI=1S/C36H37N5O4/c1-24-33(22-41(2)20-18-28-7-5-6-19-37-28)44-36(45-34(24)26-12-10-25(23-42)11-13-26)27-14-16-29(17-15-27)39-35(43)32-21-38-30-8-3-4-9-31(30)40-32/h3-17,19,21,24,33-34,36,42H,18,20,22-23H2,1-2H3,(H,39,43)/t24-,33+,34+,36+/m1/s1. The van der Waals surface area contributed by atoms with Crippen molar-refractivity contribution in [2.24, 2.45) is 5.92 Å². The summed E-state index contributed by atoms with van der Waals surface area (Å²) in [5.74, 6) is -0.264. The number of hydrogen-bond acceptors (Lipinski definition) is 8. The number of aliphatic hydroxyl groups excluding tert-OH is 1. The van der Waals surface area contributed by atoms with Gasteiger partial charge in [-0.2, -0.15) is 0 Å². The molecule has 0 unspecified atom stereocenters. The van der Waals surface area contributed by atoms with Crippen molar-refractivity contribution in [1.29, 1.82) is 0 Å². The van der Waals surface area contributed by atoms with Crippen molar-refractivity contribution >= 4 is 22.6 Å². The number of aromatic nitrogens is 3. The summed E-state index contributed by atoms with van der Waals surface area (Å²) in [4.78, 5) is 28.4. The molecule has 9 nitrogen and oxygen atoms in total. The maximum absolute atomic E-state index is 12.9. The molecule has 0 saturated carbocycles. The van der Waals surface area contributed by atoms with Gasteiger partial charge in [0.2, 0.25) is 0 Å². The highest BCUT2D eigenvalue weighted by Gasteiger charge is 2.38. The van der Waals surface area contributed by atoms with Crippen LogP contribution in [0, 0.1) is 5.92 Å². The Morgan fingerprint density at radius 3 is 2.36 bits per heavy atom. The van der Waals surface area contributed by atoms with Crippen molar-refractivity contribution in [2.75, 3.05) is 25.5 Å². The average molecular weight is 604 g/mol. The van der Waals surface area contributed by atoms with Crippen LogP contribution < -0.4 is 5.32 Å². The Bertz CT molecular complexity index is 1720. The molecule has 0 spiro atoms. The molecule has 3 heterocycles. The topological polar surface area (TPSA) is 110 Å².